The van der Waals surface area contributed by atoms with Gasteiger partial charge in [0.15, 0.2) is 0 Å². The SMILES string of the molecule is C1=CC2CN2C=C1. The van der Waals surface area contributed by atoms with Crippen LogP contribution >= 0.6 is 0 Å². The van der Waals surface area contributed by atoms with Gasteiger partial charge in [0, 0.05) is 6.54 Å². The molecule has 1 nitrogen and oxygen atoms in total. The molecule has 2 heterocycles. The van der Waals surface area contributed by atoms with Crippen LogP contribution in [0.3, 0.4) is 0 Å². The summed E-state index contributed by atoms with van der Waals surface area (Å²) < 4.78 is 0. The fraction of sp³-hybridized carbons (Fsp3) is 0.333. The lowest BCUT2D eigenvalue weighted by Gasteiger charge is -1.93. The van der Waals surface area contributed by atoms with Crippen molar-refractivity contribution in [1.29, 1.82) is 0 Å². The van der Waals surface area contributed by atoms with E-state index >= 15 is 0 Å². The highest BCUT2D eigenvalue weighted by molar-refractivity contribution is 5.21. The fourth-order valence-electron chi connectivity index (χ4n) is 0.864. The minimum absolute atomic E-state index is 0.769. The molecule has 1 atom stereocenters. The monoisotopic (exact) mass is 93.1 g/mol. The van der Waals surface area contributed by atoms with E-state index in [-0.39, 0.29) is 0 Å². The molecule has 0 aliphatic carbocycles. The Kier molecular flexibility index (Phi) is 0.432. The van der Waals surface area contributed by atoms with Gasteiger partial charge in [-0.2, -0.15) is 0 Å². The molecule has 0 aromatic carbocycles. The van der Waals surface area contributed by atoms with Gasteiger partial charge in [-0.25, -0.2) is 0 Å². The smallest absolute Gasteiger partial charge is 0.0647 e. The highest BCUT2D eigenvalue weighted by atomic mass is 15.3. The summed E-state index contributed by atoms with van der Waals surface area (Å²) in [4.78, 5) is 2.29. The van der Waals surface area contributed by atoms with Gasteiger partial charge in [0.2, 0.25) is 0 Å². The number of hydrogen-bond donors (Lipinski definition) is 0. The molecule has 0 radical (unpaired) electrons. The molecule has 0 amide bonds. The molecule has 2 rings (SSSR count). The molecule has 1 saturated heterocycles. The van der Waals surface area contributed by atoms with Gasteiger partial charge >= 0.3 is 0 Å². The number of fused-ring (bicyclic) bond motifs is 1. The van der Waals surface area contributed by atoms with Crippen LogP contribution in [0.1, 0.15) is 0 Å². The van der Waals surface area contributed by atoms with E-state index in [0.29, 0.717) is 0 Å². The lowest BCUT2D eigenvalue weighted by Crippen LogP contribution is -1.90. The predicted molar refractivity (Wildman–Crippen MR) is 28.8 cm³/mol. The van der Waals surface area contributed by atoms with Crippen molar-refractivity contribution in [2.75, 3.05) is 6.54 Å². The van der Waals surface area contributed by atoms with Crippen molar-refractivity contribution >= 4 is 0 Å². The zero-order valence-corrected chi connectivity index (χ0v) is 4.04. The molecule has 0 saturated carbocycles. The van der Waals surface area contributed by atoms with Crippen molar-refractivity contribution in [1.82, 2.24) is 4.90 Å². The molecular formula is C6H7N. The zero-order chi connectivity index (χ0) is 4.69. The van der Waals surface area contributed by atoms with E-state index in [2.05, 4.69) is 29.3 Å². The first-order chi connectivity index (χ1) is 3.47. The van der Waals surface area contributed by atoms with E-state index in [4.69, 9.17) is 0 Å². The van der Waals surface area contributed by atoms with Gasteiger partial charge < -0.3 is 4.90 Å². The summed E-state index contributed by atoms with van der Waals surface area (Å²) in [5.74, 6) is 0. The second-order valence-electron chi connectivity index (χ2n) is 1.99. The second kappa shape index (κ2) is 0.915. The van der Waals surface area contributed by atoms with Crippen LogP contribution in [0.4, 0.5) is 0 Å². The van der Waals surface area contributed by atoms with Gasteiger partial charge in [-0.15, -0.1) is 0 Å². The van der Waals surface area contributed by atoms with Crippen LogP contribution in [0.5, 0.6) is 0 Å². The van der Waals surface area contributed by atoms with Crippen molar-refractivity contribution in [2.45, 2.75) is 6.04 Å². The largest absolute Gasteiger partial charge is 0.367 e. The van der Waals surface area contributed by atoms with Gasteiger partial charge in [-0.1, -0.05) is 12.2 Å². The molecule has 1 fully saturated rings. The van der Waals surface area contributed by atoms with Crippen LogP contribution in [-0.4, -0.2) is 17.5 Å². The molecule has 2 aliphatic heterocycles. The normalized spacial score (nSPS) is 33.1. The van der Waals surface area contributed by atoms with Crippen molar-refractivity contribution in [3.8, 4) is 0 Å². The van der Waals surface area contributed by atoms with E-state index in [9.17, 15) is 0 Å². The molecule has 7 heavy (non-hydrogen) atoms. The molecule has 2 aliphatic rings. The summed E-state index contributed by atoms with van der Waals surface area (Å²) in [6.45, 7) is 1.24. The van der Waals surface area contributed by atoms with E-state index < -0.39 is 0 Å². The molecule has 0 spiro atoms. The lowest BCUT2D eigenvalue weighted by molar-refractivity contribution is 0.722. The third-order valence-corrected chi connectivity index (χ3v) is 1.41. The third-order valence-electron chi connectivity index (χ3n) is 1.41. The van der Waals surface area contributed by atoms with E-state index in [1.54, 1.807) is 0 Å². The highest BCUT2D eigenvalue weighted by Crippen LogP contribution is 2.21. The predicted octanol–water partition coefficient (Wildman–Crippen LogP) is 0.754. The molecule has 1 heteroatoms. The van der Waals surface area contributed by atoms with Crippen LogP contribution in [0.25, 0.3) is 0 Å². The van der Waals surface area contributed by atoms with Crippen molar-refractivity contribution < 1.29 is 0 Å². The van der Waals surface area contributed by atoms with Crippen LogP contribution in [0.2, 0.25) is 0 Å². The Morgan fingerprint density at radius 1 is 1.43 bits per heavy atom. The molecule has 36 valence electrons. The molecule has 0 N–H and O–H groups in total. The summed E-state index contributed by atoms with van der Waals surface area (Å²) >= 11 is 0. The highest BCUT2D eigenvalue weighted by Gasteiger charge is 2.28. The van der Waals surface area contributed by atoms with Crippen LogP contribution in [-0.2, 0) is 0 Å². The first-order valence-electron chi connectivity index (χ1n) is 2.57. The topological polar surface area (TPSA) is 3.01 Å². The minimum atomic E-state index is 0.769. The number of hydrogen-bond acceptors (Lipinski definition) is 1. The Labute approximate surface area is 42.9 Å². The summed E-state index contributed by atoms with van der Waals surface area (Å²) in [5.41, 5.74) is 0. The summed E-state index contributed by atoms with van der Waals surface area (Å²) in [7, 11) is 0. The first-order valence-corrected chi connectivity index (χ1v) is 2.57. The quantitative estimate of drug-likeness (QED) is 0.399. The molecule has 1 unspecified atom stereocenters. The third kappa shape index (κ3) is 0.377. The lowest BCUT2D eigenvalue weighted by atomic mass is 10.3. The maximum absolute atomic E-state index is 2.29. The van der Waals surface area contributed by atoms with Crippen molar-refractivity contribution in [3.63, 3.8) is 0 Å². The maximum atomic E-state index is 2.29. The van der Waals surface area contributed by atoms with Crippen molar-refractivity contribution in [3.05, 3.63) is 24.4 Å². The maximum Gasteiger partial charge on any atom is 0.0647 e. The molecule has 0 aromatic rings. The Balaban J connectivity index is 2.28. The Bertz CT molecular complexity index is 119. The molecule has 0 bridgehead atoms. The van der Waals surface area contributed by atoms with Crippen LogP contribution < -0.4 is 0 Å². The van der Waals surface area contributed by atoms with Gasteiger partial charge in [-0.3, -0.25) is 0 Å². The summed E-state index contributed by atoms with van der Waals surface area (Å²) in [6, 6.07) is 0.769. The Morgan fingerprint density at radius 3 is 3.00 bits per heavy atom. The van der Waals surface area contributed by atoms with Crippen LogP contribution in [0.15, 0.2) is 24.4 Å². The van der Waals surface area contributed by atoms with E-state index in [1.807, 2.05) is 0 Å². The number of rotatable bonds is 0. The zero-order valence-electron chi connectivity index (χ0n) is 4.04. The molecular weight excluding hydrogens is 86.1 g/mol. The average Bonchev–Trinajstić information content (AvgIpc) is 2.41. The fourth-order valence-corrected chi connectivity index (χ4v) is 0.864. The minimum Gasteiger partial charge on any atom is -0.367 e. The van der Waals surface area contributed by atoms with Gasteiger partial charge in [0.1, 0.15) is 0 Å². The van der Waals surface area contributed by atoms with Crippen molar-refractivity contribution in [2.24, 2.45) is 0 Å². The van der Waals surface area contributed by atoms with Gasteiger partial charge in [0.25, 0.3) is 0 Å². The Morgan fingerprint density at radius 2 is 2.43 bits per heavy atom. The number of nitrogens with zero attached hydrogens (tertiary/aromatic N) is 1. The average molecular weight is 93.1 g/mol. The summed E-state index contributed by atoms with van der Waals surface area (Å²) in [5, 5.41) is 0. The summed E-state index contributed by atoms with van der Waals surface area (Å²) in [6.07, 6.45) is 8.53. The first kappa shape index (κ1) is 3.30. The van der Waals surface area contributed by atoms with E-state index in [1.165, 1.54) is 6.54 Å². The van der Waals surface area contributed by atoms with Crippen LogP contribution in [0, 0.1) is 0 Å². The Hall–Kier alpha value is -0.720. The standard InChI is InChI=1S/C6H7N/c1-2-4-7-5-6(7)3-1/h1-4,6H,5H2. The van der Waals surface area contributed by atoms with Gasteiger partial charge in [0.05, 0.1) is 6.04 Å². The molecule has 0 aromatic heterocycles. The van der Waals surface area contributed by atoms with E-state index in [0.717, 1.165) is 6.04 Å². The second-order valence-corrected chi connectivity index (χ2v) is 1.99. The van der Waals surface area contributed by atoms with Gasteiger partial charge in [-0.05, 0) is 12.3 Å². The number of allylic oxidation sites excluding steroid dienone is 2.